The van der Waals surface area contributed by atoms with Crippen LogP contribution in [0, 0.1) is 0 Å². The first kappa shape index (κ1) is 17.6. The average molecular weight is 353 g/mol. The van der Waals surface area contributed by atoms with E-state index in [4.69, 9.17) is 0 Å². The molecule has 0 atom stereocenters. The summed E-state index contributed by atoms with van der Waals surface area (Å²) < 4.78 is 0. The minimum Gasteiger partial charge on any atom is -0.504 e. The summed E-state index contributed by atoms with van der Waals surface area (Å²) in [7, 11) is 1.89. The Kier molecular flexibility index (Phi) is 4.69. The fraction of sp³-hybridized carbons (Fsp3) is 0.150. The molecule has 0 bridgehead atoms. The van der Waals surface area contributed by atoms with Crippen LogP contribution in [0.4, 0.5) is 0 Å². The summed E-state index contributed by atoms with van der Waals surface area (Å²) in [6.45, 7) is 0.914. The van der Waals surface area contributed by atoms with Crippen molar-refractivity contribution in [2.75, 3.05) is 20.1 Å². The van der Waals surface area contributed by atoms with Gasteiger partial charge < -0.3 is 20.4 Å². The van der Waals surface area contributed by atoms with Gasteiger partial charge in [0.05, 0.1) is 0 Å². The predicted molar refractivity (Wildman–Crippen MR) is 98.0 cm³/mol. The molecule has 2 aromatic rings. The number of benzene rings is 2. The molecule has 0 saturated carbocycles. The Bertz CT molecular complexity index is 856. The van der Waals surface area contributed by atoms with Gasteiger partial charge in [0.15, 0.2) is 28.8 Å². The van der Waals surface area contributed by atoms with Crippen LogP contribution in [0.5, 0.6) is 23.0 Å². The Hall–Kier alpha value is -3.25. The molecule has 1 saturated heterocycles. The van der Waals surface area contributed by atoms with Crippen molar-refractivity contribution >= 4 is 17.9 Å². The van der Waals surface area contributed by atoms with Crippen molar-refractivity contribution in [2.45, 2.75) is 0 Å². The second-order valence-corrected chi connectivity index (χ2v) is 6.34. The Balaban J connectivity index is 1.94. The first-order valence-corrected chi connectivity index (χ1v) is 8.02. The number of likely N-dealkylation sites (N-methyl/N-ethyl adjacent to an activating group) is 1. The van der Waals surface area contributed by atoms with Crippen molar-refractivity contribution in [1.82, 2.24) is 4.90 Å². The molecule has 1 aliphatic heterocycles. The van der Waals surface area contributed by atoms with Crippen molar-refractivity contribution < 1.29 is 25.2 Å². The molecule has 6 nitrogen and oxygen atoms in total. The van der Waals surface area contributed by atoms with Gasteiger partial charge in [0, 0.05) is 24.2 Å². The van der Waals surface area contributed by atoms with Gasteiger partial charge in [-0.3, -0.25) is 9.69 Å². The van der Waals surface area contributed by atoms with E-state index in [9.17, 15) is 25.2 Å². The molecule has 1 heterocycles. The van der Waals surface area contributed by atoms with Gasteiger partial charge in [-0.25, -0.2) is 0 Å². The van der Waals surface area contributed by atoms with E-state index in [0.717, 1.165) is 0 Å². The third-order valence-electron chi connectivity index (χ3n) is 4.14. The highest BCUT2D eigenvalue weighted by Gasteiger charge is 2.24. The van der Waals surface area contributed by atoms with Gasteiger partial charge >= 0.3 is 0 Å². The van der Waals surface area contributed by atoms with Crippen LogP contribution in [0.2, 0.25) is 0 Å². The summed E-state index contributed by atoms with van der Waals surface area (Å²) >= 11 is 0. The molecular formula is C20H19NO5. The van der Waals surface area contributed by atoms with Crippen LogP contribution in [0.3, 0.4) is 0 Å². The number of phenolic OH excluding ortho intramolecular Hbond substituents is 4. The number of hydrogen-bond donors (Lipinski definition) is 4. The van der Waals surface area contributed by atoms with Crippen LogP contribution in [-0.2, 0) is 4.79 Å². The number of hydrogen-bond acceptors (Lipinski definition) is 6. The van der Waals surface area contributed by atoms with E-state index in [2.05, 4.69) is 0 Å². The molecule has 26 heavy (non-hydrogen) atoms. The number of piperidine rings is 1. The molecule has 0 spiro atoms. The maximum atomic E-state index is 12.8. The summed E-state index contributed by atoms with van der Waals surface area (Å²) in [6, 6.07) is 8.76. The fourth-order valence-electron chi connectivity index (χ4n) is 2.87. The van der Waals surface area contributed by atoms with E-state index in [1.54, 1.807) is 24.3 Å². The third kappa shape index (κ3) is 3.70. The molecule has 2 aromatic carbocycles. The summed E-state index contributed by atoms with van der Waals surface area (Å²) in [6.07, 6.45) is 3.36. The monoisotopic (exact) mass is 353 g/mol. The van der Waals surface area contributed by atoms with Gasteiger partial charge in [-0.15, -0.1) is 0 Å². The van der Waals surface area contributed by atoms with Crippen LogP contribution in [-0.4, -0.2) is 51.2 Å². The number of carbonyl (C=O) groups excluding carboxylic acids is 1. The number of aromatic hydroxyl groups is 4. The minimum atomic E-state index is -0.244. The number of ketones is 1. The number of rotatable bonds is 2. The molecular weight excluding hydrogens is 334 g/mol. The highest BCUT2D eigenvalue weighted by Crippen LogP contribution is 2.29. The summed E-state index contributed by atoms with van der Waals surface area (Å²) in [5, 5.41) is 38.0. The zero-order valence-corrected chi connectivity index (χ0v) is 14.2. The fourth-order valence-corrected chi connectivity index (χ4v) is 2.87. The number of nitrogens with zero attached hydrogens (tertiary/aromatic N) is 1. The maximum Gasteiger partial charge on any atom is 0.187 e. The van der Waals surface area contributed by atoms with Crippen molar-refractivity contribution in [2.24, 2.45) is 0 Å². The highest BCUT2D eigenvalue weighted by molar-refractivity contribution is 6.14. The standard InChI is InChI=1S/C20H19NO5/c1-21-10-14(6-12-2-4-16(22)18(24)8-12)20(26)15(11-21)7-13-3-5-17(23)19(25)9-13/h2-9,22-25H,10-11H2,1H3. The molecule has 0 radical (unpaired) electrons. The predicted octanol–water partition coefficient (Wildman–Crippen LogP) is 2.49. The second kappa shape index (κ2) is 6.93. The van der Waals surface area contributed by atoms with Crippen LogP contribution in [0.15, 0.2) is 47.5 Å². The zero-order valence-electron chi connectivity index (χ0n) is 14.2. The summed E-state index contributed by atoms with van der Waals surface area (Å²) in [5.41, 5.74) is 2.33. The van der Waals surface area contributed by atoms with E-state index in [0.29, 0.717) is 35.4 Å². The SMILES string of the molecule is CN1CC(=Cc2ccc(O)c(O)c2)C(=O)C(=Cc2ccc(O)c(O)c2)C1. The number of Topliss-reactive ketones (excluding diaryl/α,β-unsaturated/α-hetero) is 1. The highest BCUT2D eigenvalue weighted by atomic mass is 16.3. The third-order valence-corrected chi connectivity index (χ3v) is 4.14. The summed E-state index contributed by atoms with van der Waals surface area (Å²) in [5.74, 6) is -1.04. The Morgan fingerprint density at radius 2 is 1.19 bits per heavy atom. The average Bonchev–Trinajstić information content (AvgIpc) is 2.58. The lowest BCUT2D eigenvalue weighted by atomic mass is 9.94. The molecule has 6 heteroatoms. The van der Waals surface area contributed by atoms with Gasteiger partial charge in [0.1, 0.15) is 0 Å². The van der Waals surface area contributed by atoms with Crippen LogP contribution >= 0.6 is 0 Å². The van der Waals surface area contributed by atoms with Gasteiger partial charge in [-0.1, -0.05) is 12.1 Å². The van der Waals surface area contributed by atoms with Gasteiger partial charge in [0.25, 0.3) is 0 Å². The first-order chi connectivity index (χ1) is 12.3. The van der Waals surface area contributed by atoms with Crippen molar-refractivity contribution in [3.8, 4) is 23.0 Å². The smallest absolute Gasteiger partial charge is 0.187 e. The number of carbonyl (C=O) groups is 1. The Morgan fingerprint density at radius 3 is 1.58 bits per heavy atom. The molecule has 134 valence electrons. The van der Waals surface area contributed by atoms with E-state index in [-0.39, 0.29) is 28.8 Å². The molecule has 0 aromatic heterocycles. The minimum absolute atomic E-state index is 0.122. The maximum absolute atomic E-state index is 12.8. The molecule has 0 amide bonds. The van der Waals surface area contributed by atoms with Crippen LogP contribution in [0.1, 0.15) is 11.1 Å². The van der Waals surface area contributed by atoms with Gasteiger partial charge in [-0.05, 0) is 54.6 Å². The lowest BCUT2D eigenvalue weighted by molar-refractivity contribution is -0.113. The van der Waals surface area contributed by atoms with Crippen LogP contribution < -0.4 is 0 Å². The lowest BCUT2D eigenvalue weighted by Crippen LogP contribution is -2.34. The Morgan fingerprint density at radius 1 is 0.769 bits per heavy atom. The molecule has 0 unspecified atom stereocenters. The zero-order chi connectivity index (χ0) is 18.8. The number of phenols is 4. The normalized spacial score (nSPS) is 18.6. The van der Waals surface area contributed by atoms with E-state index in [1.165, 1.54) is 24.3 Å². The first-order valence-electron chi connectivity index (χ1n) is 8.02. The molecule has 1 fully saturated rings. The Labute approximate surface area is 150 Å². The van der Waals surface area contributed by atoms with Crippen LogP contribution in [0.25, 0.3) is 12.2 Å². The van der Waals surface area contributed by atoms with Crippen molar-refractivity contribution in [3.63, 3.8) is 0 Å². The van der Waals surface area contributed by atoms with Gasteiger partial charge in [-0.2, -0.15) is 0 Å². The largest absolute Gasteiger partial charge is 0.504 e. The second-order valence-electron chi connectivity index (χ2n) is 6.34. The quantitative estimate of drug-likeness (QED) is 0.489. The van der Waals surface area contributed by atoms with Gasteiger partial charge in [0.2, 0.25) is 0 Å². The van der Waals surface area contributed by atoms with E-state index < -0.39 is 0 Å². The number of likely N-dealkylation sites (tertiary alicyclic amines) is 1. The molecule has 3 rings (SSSR count). The molecule has 0 aliphatic carbocycles. The topological polar surface area (TPSA) is 101 Å². The molecule has 4 N–H and O–H groups in total. The van der Waals surface area contributed by atoms with E-state index in [1.807, 2.05) is 11.9 Å². The lowest BCUT2D eigenvalue weighted by Gasteiger charge is -2.26. The summed E-state index contributed by atoms with van der Waals surface area (Å²) in [4.78, 5) is 14.8. The van der Waals surface area contributed by atoms with E-state index >= 15 is 0 Å². The van der Waals surface area contributed by atoms with Crippen molar-refractivity contribution in [3.05, 3.63) is 58.7 Å². The van der Waals surface area contributed by atoms with Crippen molar-refractivity contribution in [1.29, 1.82) is 0 Å². The molecule has 1 aliphatic rings.